The second kappa shape index (κ2) is 12.7. The van der Waals surface area contributed by atoms with Gasteiger partial charge in [-0.2, -0.15) is 0 Å². The fourth-order valence-corrected chi connectivity index (χ4v) is 4.81. The number of hydrogen-bond acceptors (Lipinski definition) is 15. The molecule has 0 bridgehead atoms. The van der Waals surface area contributed by atoms with Crippen LogP contribution < -0.4 is 0 Å². The SMILES string of the molecule is C#CCN(Cc1cn([C@@H]2O[C@H](CO)C(C(=C)O)[C@H](O)[C@@H]2O)nn1)Cc1cn([C@H]2O[C@H](CO)[C@@H](O)[C@H](O)[C@@H]2O)nn1. The van der Waals surface area contributed by atoms with Crippen LogP contribution in [0.2, 0.25) is 0 Å². The molecular formula is C23H33N7O10. The fourth-order valence-electron chi connectivity index (χ4n) is 4.81. The maximum atomic E-state index is 10.6. The first-order valence-electron chi connectivity index (χ1n) is 12.4. The van der Waals surface area contributed by atoms with Gasteiger partial charge in [0.25, 0.3) is 0 Å². The van der Waals surface area contributed by atoms with Gasteiger partial charge < -0.3 is 50.3 Å². The van der Waals surface area contributed by atoms with Crippen molar-refractivity contribution < 1.29 is 50.3 Å². The molecule has 0 amide bonds. The van der Waals surface area contributed by atoms with Crippen LogP contribution in [0.5, 0.6) is 0 Å². The van der Waals surface area contributed by atoms with Crippen LogP contribution in [0.25, 0.3) is 0 Å². The van der Waals surface area contributed by atoms with Gasteiger partial charge in [-0.15, -0.1) is 16.6 Å². The average molecular weight is 568 g/mol. The van der Waals surface area contributed by atoms with E-state index in [4.69, 9.17) is 15.9 Å². The molecule has 1 unspecified atom stereocenters. The number of aliphatic hydroxyl groups excluding tert-OH is 8. The van der Waals surface area contributed by atoms with Gasteiger partial charge in [-0.25, -0.2) is 9.36 Å². The smallest absolute Gasteiger partial charge is 0.180 e. The van der Waals surface area contributed by atoms with E-state index in [9.17, 15) is 40.9 Å². The molecule has 0 spiro atoms. The summed E-state index contributed by atoms with van der Waals surface area (Å²) in [6, 6.07) is 0. The summed E-state index contributed by atoms with van der Waals surface area (Å²) in [7, 11) is 0. The number of aliphatic hydroxyl groups is 8. The zero-order valence-electron chi connectivity index (χ0n) is 21.3. The molecule has 4 rings (SSSR count). The second-order valence-corrected chi connectivity index (χ2v) is 9.69. The molecule has 40 heavy (non-hydrogen) atoms. The molecule has 17 nitrogen and oxygen atoms in total. The van der Waals surface area contributed by atoms with E-state index in [2.05, 4.69) is 33.1 Å². The Morgan fingerprint density at radius 3 is 1.82 bits per heavy atom. The van der Waals surface area contributed by atoms with Crippen LogP contribution in [0.4, 0.5) is 0 Å². The first-order valence-corrected chi connectivity index (χ1v) is 12.4. The zero-order chi connectivity index (χ0) is 29.1. The highest BCUT2D eigenvalue weighted by Crippen LogP contribution is 2.34. The molecule has 220 valence electrons. The summed E-state index contributed by atoms with van der Waals surface area (Å²) in [6.45, 7) is 2.73. The van der Waals surface area contributed by atoms with Crippen LogP contribution in [-0.4, -0.2) is 138 Å². The van der Waals surface area contributed by atoms with Gasteiger partial charge in [0.2, 0.25) is 0 Å². The summed E-state index contributed by atoms with van der Waals surface area (Å²) in [5.74, 6) is 0.997. The normalized spacial score (nSPS) is 34.6. The summed E-state index contributed by atoms with van der Waals surface area (Å²) in [6.07, 6.45) is -3.71. The number of ether oxygens (including phenoxy) is 2. The standard InChI is InChI=1S/C23H33N7O10/c1-3-4-28(6-13-8-30(27-25-13)23-21(38)19(36)17(34)15(10-32)40-23)5-12-7-29(26-24-12)22-20(37)18(35)16(11(2)33)14(9-31)39-22/h1,7-8,14-23,31-38H,2,4-6,9-10H2/t14-,15-,16?,17-,18+,19+,20+,21+,22-,23+/m1/s1. The lowest BCUT2D eigenvalue weighted by Gasteiger charge is -2.41. The predicted molar refractivity (Wildman–Crippen MR) is 130 cm³/mol. The van der Waals surface area contributed by atoms with Crippen LogP contribution in [0, 0.1) is 18.3 Å². The number of terminal acetylenes is 1. The Labute approximate surface area is 228 Å². The fraction of sp³-hybridized carbons (Fsp3) is 0.652. The van der Waals surface area contributed by atoms with Crippen LogP contribution in [0.1, 0.15) is 23.8 Å². The lowest BCUT2D eigenvalue weighted by atomic mass is 9.87. The third kappa shape index (κ3) is 6.01. The molecule has 8 N–H and O–H groups in total. The summed E-state index contributed by atoms with van der Waals surface area (Å²) in [5, 5.41) is 96.2. The van der Waals surface area contributed by atoms with Gasteiger partial charge in [-0.1, -0.05) is 22.9 Å². The van der Waals surface area contributed by atoms with E-state index in [1.54, 1.807) is 4.90 Å². The van der Waals surface area contributed by atoms with Crippen LogP contribution >= 0.6 is 0 Å². The molecule has 0 aromatic carbocycles. The van der Waals surface area contributed by atoms with Crippen molar-refractivity contribution in [1.82, 2.24) is 34.9 Å². The first-order chi connectivity index (χ1) is 19.1. The van der Waals surface area contributed by atoms with Crippen molar-refractivity contribution in [3.63, 3.8) is 0 Å². The summed E-state index contributed by atoms with van der Waals surface area (Å²) in [4.78, 5) is 1.76. The van der Waals surface area contributed by atoms with Crippen LogP contribution in [0.3, 0.4) is 0 Å². The molecule has 2 aromatic rings. The Morgan fingerprint density at radius 2 is 1.35 bits per heavy atom. The third-order valence-corrected chi connectivity index (χ3v) is 6.88. The first kappa shape index (κ1) is 30.0. The highest BCUT2D eigenvalue weighted by atomic mass is 16.6. The van der Waals surface area contributed by atoms with Gasteiger partial charge in [-0.05, 0) is 0 Å². The average Bonchev–Trinajstić information content (AvgIpc) is 3.58. The molecule has 2 aliphatic rings. The Hall–Kier alpha value is -3.02. The zero-order valence-corrected chi connectivity index (χ0v) is 21.3. The predicted octanol–water partition coefficient (Wildman–Crippen LogP) is -4.22. The van der Waals surface area contributed by atoms with E-state index in [-0.39, 0.29) is 19.6 Å². The van der Waals surface area contributed by atoms with Gasteiger partial charge in [0, 0.05) is 13.1 Å². The van der Waals surface area contributed by atoms with Gasteiger partial charge in [0.05, 0.1) is 67.4 Å². The maximum Gasteiger partial charge on any atom is 0.180 e. The highest BCUT2D eigenvalue weighted by molar-refractivity contribution is 5.05. The summed E-state index contributed by atoms with van der Waals surface area (Å²) >= 11 is 0. The van der Waals surface area contributed by atoms with E-state index in [1.165, 1.54) is 21.8 Å². The van der Waals surface area contributed by atoms with Crippen LogP contribution in [0.15, 0.2) is 24.7 Å². The van der Waals surface area contributed by atoms with Crippen molar-refractivity contribution in [3.8, 4) is 12.3 Å². The van der Waals surface area contributed by atoms with Gasteiger partial charge in [0.1, 0.15) is 30.5 Å². The van der Waals surface area contributed by atoms with Crippen molar-refractivity contribution in [1.29, 1.82) is 0 Å². The monoisotopic (exact) mass is 567 g/mol. The maximum absolute atomic E-state index is 10.6. The molecule has 2 aromatic heterocycles. The number of nitrogens with zero attached hydrogens (tertiary/aromatic N) is 7. The molecule has 0 saturated carbocycles. The minimum atomic E-state index is -1.57. The van der Waals surface area contributed by atoms with Crippen molar-refractivity contribution >= 4 is 0 Å². The minimum Gasteiger partial charge on any atom is -0.512 e. The van der Waals surface area contributed by atoms with Crippen molar-refractivity contribution in [2.24, 2.45) is 5.92 Å². The Balaban J connectivity index is 1.44. The number of aromatic nitrogens is 6. The van der Waals surface area contributed by atoms with E-state index in [0.717, 1.165) is 0 Å². The second-order valence-electron chi connectivity index (χ2n) is 9.69. The van der Waals surface area contributed by atoms with Crippen LogP contribution in [-0.2, 0) is 22.6 Å². The molecule has 0 radical (unpaired) electrons. The molecular weight excluding hydrogens is 534 g/mol. The molecule has 17 heteroatoms. The Morgan fingerprint density at radius 1 is 0.850 bits per heavy atom. The third-order valence-electron chi connectivity index (χ3n) is 6.88. The molecule has 2 aliphatic heterocycles. The van der Waals surface area contributed by atoms with Gasteiger partial charge in [0.15, 0.2) is 12.5 Å². The Kier molecular flexibility index (Phi) is 9.48. The highest BCUT2D eigenvalue weighted by Gasteiger charge is 2.47. The Bertz CT molecular complexity index is 1180. The molecule has 2 fully saturated rings. The van der Waals surface area contributed by atoms with E-state index in [0.29, 0.717) is 11.4 Å². The topological polar surface area (TPSA) is 245 Å². The lowest BCUT2D eigenvalue weighted by molar-refractivity contribution is -0.254. The summed E-state index contributed by atoms with van der Waals surface area (Å²) in [5.41, 5.74) is 0.825. The summed E-state index contributed by atoms with van der Waals surface area (Å²) < 4.78 is 13.5. The quantitative estimate of drug-likeness (QED) is 0.100. The van der Waals surface area contributed by atoms with Gasteiger partial charge in [-0.3, -0.25) is 4.90 Å². The number of hydrogen-bond donors (Lipinski definition) is 8. The van der Waals surface area contributed by atoms with E-state index in [1.807, 2.05) is 0 Å². The minimum absolute atomic E-state index is 0.161. The van der Waals surface area contributed by atoms with Crippen molar-refractivity contribution in [2.45, 2.75) is 68.3 Å². The lowest BCUT2D eigenvalue weighted by Crippen LogP contribution is -2.56. The number of rotatable bonds is 10. The van der Waals surface area contributed by atoms with Crippen molar-refractivity contribution in [3.05, 3.63) is 36.1 Å². The molecule has 4 heterocycles. The molecule has 10 atom stereocenters. The van der Waals surface area contributed by atoms with E-state index >= 15 is 0 Å². The van der Waals surface area contributed by atoms with Crippen molar-refractivity contribution in [2.75, 3.05) is 19.8 Å². The van der Waals surface area contributed by atoms with E-state index < -0.39 is 80.1 Å². The van der Waals surface area contributed by atoms with Gasteiger partial charge >= 0.3 is 0 Å². The largest absolute Gasteiger partial charge is 0.512 e. The molecule has 2 saturated heterocycles. The molecule has 0 aliphatic carbocycles.